The first-order valence-electron chi connectivity index (χ1n) is 2.88. The molecule has 1 saturated heterocycles. The Bertz CT molecular complexity index is 264. The van der Waals surface area contributed by atoms with E-state index in [1.165, 1.54) is 0 Å². The van der Waals surface area contributed by atoms with Gasteiger partial charge in [0.15, 0.2) is 0 Å². The number of alkyl halides is 2. The van der Waals surface area contributed by atoms with Gasteiger partial charge in [-0.25, -0.2) is 17.2 Å². The van der Waals surface area contributed by atoms with Gasteiger partial charge in [0.25, 0.3) is 5.92 Å². The standard InChI is InChI=1S/C5H7F2NO2S/c1-2-11(9,10)8-3-5(6,7)4-8/h2H,1,3-4H2. The lowest BCUT2D eigenvalue weighted by molar-refractivity contribution is -0.0940. The van der Waals surface area contributed by atoms with Crippen LogP contribution in [-0.4, -0.2) is 31.7 Å². The van der Waals surface area contributed by atoms with Crippen molar-refractivity contribution in [3.05, 3.63) is 12.0 Å². The molecule has 0 aromatic heterocycles. The predicted molar refractivity (Wildman–Crippen MR) is 35.6 cm³/mol. The van der Waals surface area contributed by atoms with Crippen LogP contribution in [0.3, 0.4) is 0 Å². The molecule has 1 aliphatic rings. The number of hydrogen-bond acceptors (Lipinski definition) is 2. The average molecular weight is 183 g/mol. The topological polar surface area (TPSA) is 37.4 Å². The van der Waals surface area contributed by atoms with E-state index in [9.17, 15) is 17.2 Å². The van der Waals surface area contributed by atoms with Crippen LogP contribution in [-0.2, 0) is 10.0 Å². The van der Waals surface area contributed by atoms with E-state index in [0.717, 1.165) is 0 Å². The van der Waals surface area contributed by atoms with E-state index in [0.29, 0.717) is 9.71 Å². The van der Waals surface area contributed by atoms with Gasteiger partial charge in [-0.3, -0.25) is 0 Å². The maximum absolute atomic E-state index is 12.1. The third-order valence-corrected chi connectivity index (χ3v) is 2.79. The lowest BCUT2D eigenvalue weighted by atomic mass is 10.2. The van der Waals surface area contributed by atoms with Crippen LogP contribution in [0, 0.1) is 0 Å². The number of sulfonamides is 1. The lowest BCUT2D eigenvalue weighted by Gasteiger charge is -2.36. The molecule has 6 heteroatoms. The van der Waals surface area contributed by atoms with Crippen LogP contribution in [0.5, 0.6) is 0 Å². The number of halogens is 2. The fraction of sp³-hybridized carbons (Fsp3) is 0.600. The monoisotopic (exact) mass is 183 g/mol. The maximum Gasteiger partial charge on any atom is 0.275 e. The Labute approximate surface area is 63.4 Å². The van der Waals surface area contributed by atoms with E-state index in [1.807, 2.05) is 0 Å². The summed E-state index contributed by atoms with van der Waals surface area (Å²) in [5.74, 6) is -2.85. The normalized spacial score (nSPS) is 24.2. The zero-order valence-electron chi connectivity index (χ0n) is 5.63. The quantitative estimate of drug-likeness (QED) is 0.621. The number of hydrogen-bond donors (Lipinski definition) is 0. The van der Waals surface area contributed by atoms with Crippen molar-refractivity contribution in [3.63, 3.8) is 0 Å². The molecule has 0 N–H and O–H groups in total. The van der Waals surface area contributed by atoms with Gasteiger partial charge in [0.2, 0.25) is 10.0 Å². The summed E-state index contributed by atoms with van der Waals surface area (Å²) in [6, 6.07) is 0. The van der Waals surface area contributed by atoms with Crippen molar-refractivity contribution in [1.29, 1.82) is 0 Å². The van der Waals surface area contributed by atoms with Crippen LogP contribution in [0.2, 0.25) is 0 Å². The van der Waals surface area contributed by atoms with Gasteiger partial charge in [-0.15, -0.1) is 0 Å². The summed E-state index contributed by atoms with van der Waals surface area (Å²) < 4.78 is 46.4. The summed E-state index contributed by atoms with van der Waals surface area (Å²) >= 11 is 0. The van der Waals surface area contributed by atoms with Gasteiger partial charge >= 0.3 is 0 Å². The molecule has 11 heavy (non-hydrogen) atoms. The third kappa shape index (κ3) is 1.57. The molecule has 64 valence electrons. The summed E-state index contributed by atoms with van der Waals surface area (Å²) in [4.78, 5) is 0. The van der Waals surface area contributed by atoms with Crippen LogP contribution in [0.25, 0.3) is 0 Å². The summed E-state index contributed by atoms with van der Waals surface area (Å²) in [7, 11) is -3.62. The molecule has 0 aliphatic carbocycles. The molecule has 1 heterocycles. The molecule has 0 atom stereocenters. The molecule has 1 fully saturated rings. The van der Waals surface area contributed by atoms with Crippen LogP contribution in [0.15, 0.2) is 12.0 Å². The van der Waals surface area contributed by atoms with E-state index in [-0.39, 0.29) is 0 Å². The van der Waals surface area contributed by atoms with Crippen molar-refractivity contribution in [2.45, 2.75) is 5.92 Å². The van der Waals surface area contributed by atoms with E-state index < -0.39 is 29.0 Å². The second-order valence-corrected chi connectivity index (χ2v) is 4.22. The predicted octanol–water partition coefficient (Wildman–Crippen LogP) is 0.411. The molecule has 0 aromatic rings. The van der Waals surface area contributed by atoms with Gasteiger partial charge < -0.3 is 0 Å². The first kappa shape index (κ1) is 8.61. The second-order valence-electron chi connectivity index (χ2n) is 2.34. The maximum atomic E-state index is 12.1. The molecule has 0 amide bonds. The Hall–Kier alpha value is -0.490. The highest BCUT2D eigenvalue weighted by molar-refractivity contribution is 7.92. The van der Waals surface area contributed by atoms with Gasteiger partial charge in [0.05, 0.1) is 13.1 Å². The van der Waals surface area contributed by atoms with Gasteiger partial charge in [0.1, 0.15) is 0 Å². The van der Waals surface area contributed by atoms with Gasteiger partial charge in [-0.1, -0.05) is 6.58 Å². The Morgan fingerprint density at radius 1 is 1.45 bits per heavy atom. The van der Waals surface area contributed by atoms with Crippen LogP contribution < -0.4 is 0 Å². The Morgan fingerprint density at radius 2 is 1.91 bits per heavy atom. The zero-order valence-corrected chi connectivity index (χ0v) is 6.44. The minimum Gasteiger partial charge on any atom is -0.208 e. The van der Waals surface area contributed by atoms with E-state index in [4.69, 9.17) is 0 Å². The molecule has 1 rings (SSSR count). The summed E-state index contributed by atoms with van der Waals surface area (Å²) in [5, 5.41) is 0.669. The fourth-order valence-corrected chi connectivity index (χ4v) is 1.70. The zero-order chi connectivity index (χ0) is 8.70. The number of rotatable bonds is 2. The van der Waals surface area contributed by atoms with E-state index in [1.54, 1.807) is 0 Å². The minimum atomic E-state index is -3.62. The molecule has 0 unspecified atom stereocenters. The SMILES string of the molecule is C=CS(=O)(=O)N1CC(F)(F)C1. The summed E-state index contributed by atoms with van der Waals surface area (Å²) in [6.07, 6.45) is 0. The summed E-state index contributed by atoms with van der Waals surface area (Å²) in [6.45, 7) is 1.57. The van der Waals surface area contributed by atoms with Crippen molar-refractivity contribution in [2.75, 3.05) is 13.1 Å². The van der Waals surface area contributed by atoms with Crippen LogP contribution >= 0.6 is 0 Å². The van der Waals surface area contributed by atoms with Crippen molar-refractivity contribution in [1.82, 2.24) is 4.31 Å². The highest BCUT2D eigenvalue weighted by Crippen LogP contribution is 2.29. The molecule has 1 aliphatic heterocycles. The Balaban J connectivity index is 2.65. The molecule has 0 bridgehead atoms. The van der Waals surface area contributed by atoms with Gasteiger partial charge in [0, 0.05) is 5.41 Å². The first-order chi connectivity index (χ1) is 4.87. The van der Waals surface area contributed by atoms with Gasteiger partial charge in [-0.2, -0.15) is 4.31 Å². The van der Waals surface area contributed by atoms with Crippen molar-refractivity contribution in [3.8, 4) is 0 Å². The average Bonchev–Trinajstić information content (AvgIpc) is 1.83. The number of nitrogens with zero attached hydrogens (tertiary/aromatic N) is 1. The highest BCUT2D eigenvalue weighted by atomic mass is 32.2. The van der Waals surface area contributed by atoms with E-state index in [2.05, 4.69) is 6.58 Å². The fourth-order valence-electron chi connectivity index (χ4n) is 0.755. The molecular weight excluding hydrogens is 176 g/mol. The third-order valence-electron chi connectivity index (χ3n) is 1.39. The van der Waals surface area contributed by atoms with Gasteiger partial charge in [-0.05, 0) is 0 Å². The minimum absolute atomic E-state index is 0.669. The van der Waals surface area contributed by atoms with Crippen molar-refractivity contribution in [2.24, 2.45) is 0 Å². The van der Waals surface area contributed by atoms with Crippen LogP contribution in [0.1, 0.15) is 0 Å². The van der Waals surface area contributed by atoms with Crippen LogP contribution in [0.4, 0.5) is 8.78 Å². The summed E-state index contributed by atoms with van der Waals surface area (Å²) in [5.41, 5.74) is 0. The molecule has 0 spiro atoms. The van der Waals surface area contributed by atoms with E-state index >= 15 is 0 Å². The van der Waals surface area contributed by atoms with Crippen molar-refractivity contribution < 1.29 is 17.2 Å². The largest absolute Gasteiger partial charge is 0.275 e. The molecule has 0 aromatic carbocycles. The molecule has 0 radical (unpaired) electrons. The lowest BCUT2D eigenvalue weighted by Crippen LogP contribution is -2.57. The highest BCUT2D eigenvalue weighted by Gasteiger charge is 2.48. The molecule has 0 saturated carbocycles. The molecular formula is C5H7F2NO2S. The smallest absolute Gasteiger partial charge is 0.208 e. The van der Waals surface area contributed by atoms with Crippen molar-refractivity contribution >= 4 is 10.0 Å². The molecule has 3 nitrogen and oxygen atoms in total. The Kier molecular flexibility index (Phi) is 1.76. The first-order valence-corrected chi connectivity index (χ1v) is 4.38. The Morgan fingerprint density at radius 3 is 2.18 bits per heavy atom. The second kappa shape index (κ2) is 2.25.